The van der Waals surface area contributed by atoms with Crippen molar-refractivity contribution in [2.45, 2.75) is 90.6 Å². The number of phenols is 3. The average Bonchev–Trinajstić information content (AvgIpc) is 2.50. The van der Waals surface area contributed by atoms with Gasteiger partial charge >= 0.3 is 0 Å². The van der Waals surface area contributed by atoms with Crippen molar-refractivity contribution in [3.05, 3.63) is 46.5 Å². The molecule has 0 fully saturated rings. The van der Waals surface area contributed by atoms with Crippen LogP contribution in [0.15, 0.2) is 24.3 Å². The number of benzene rings is 2. The molecule has 0 spiro atoms. The summed E-state index contributed by atoms with van der Waals surface area (Å²) in [4.78, 5) is 0. The molecular weight excluding hydrogens is 376 g/mol. The second kappa shape index (κ2) is 6.57. The van der Waals surface area contributed by atoms with E-state index in [2.05, 4.69) is 40.7 Å². The number of aromatic hydroxyl groups is 3. The molecule has 1 unspecified atom stereocenters. The Kier molecular flexibility index (Phi) is 4.89. The molecule has 0 aliphatic carbocycles. The Morgan fingerprint density at radius 3 is 1.67 bits per heavy atom. The highest BCUT2D eigenvalue weighted by atomic mass is 16.5. The SMILES string of the molecule is CC(C)(C)c1cc2c(cc1O)OC(C)(c1cc(C(C)(C)C)c(O)cc1O)CC2(C)C. The Bertz CT molecular complexity index is 990. The van der Waals surface area contributed by atoms with Crippen molar-refractivity contribution in [1.29, 1.82) is 0 Å². The van der Waals surface area contributed by atoms with E-state index in [1.54, 1.807) is 6.07 Å². The third-order valence-corrected chi connectivity index (χ3v) is 6.24. The largest absolute Gasteiger partial charge is 0.508 e. The lowest BCUT2D eigenvalue weighted by Crippen LogP contribution is -2.42. The standard InChI is InChI=1S/C26H36O4/c1-23(2,3)15-10-17(20(28)12-19(15)27)26(9)14-25(7,8)18-11-16(24(4,5)6)21(29)13-22(18)30-26/h10-13,27-29H,14H2,1-9H3. The van der Waals surface area contributed by atoms with Gasteiger partial charge in [-0.1, -0.05) is 55.4 Å². The van der Waals surface area contributed by atoms with Gasteiger partial charge in [0.25, 0.3) is 0 Å². The minimum Gasteiger partial charge on any atom is -0.508 e. The molecule has 3 rings (SSSR count). The van der Waals surface area contributed by atoms with Gasteiger partial charge in [-0.25, -0.2) is 0 Å². The van der Waals surface area contributed by atoms with E-state index in [1.807, 2.05) is 33.8 Å². The summed E-state index contributed by atoms with van der Waals surface area (Å²) in [5, 5.41) is 31.8. The van der Waals surface area contributed by atoms with Crippen LogP contribution in [0.5, 0.6) is 23.0 Å². The van der Waals surface area contributed by atoms with Gasteiger partial charge in [-0.15, -0.1) is 0 Å². The maximum atomic E-state index is 10.7. The summed E-state index contributed by atoms with van der Waals surface area (Å²) in [5.41, 5.74) is 1.81. The molecular formula is C26H36O4. The lowest BCUT2D eigenvalue weighted by molar-refractivity contribution is 0.0299. The van der Waals surface area contributed by atoms with Crippen molar-refractivity contribution in [2.24, 2.45) is 0 Å². The van der Waals surface area contributed by atoms with E-state index in [0.717, 1.165) is 16.7 Å². The van der Waals surface area contributed by atoms with E-state index < -0.39 is 5.60 Å². The van der Waals surface area contributed by atoms with E-state index in [4.69, 9.17) is 4.74 Å². The maximum Gasteiger partial charge on any atom is 0.136 e. The number of hydrogen-bond acceptors (Lipinski definition) is 4. The molecule has 0 aromatic heterocycles. The van der Waals surface area contributed by atoms with Crippen LogP contribution in [-0.2, 0) is 21.8 Å². The lowest BCUT2D eigenvalue weighted by atomic mass is 9.69. The zero-order valence-electron chi connectivity index (χ0n) is 19.8. The van der Waals surface area contributed by atoms with Gasteiger partial charge in [0.05, 0.1) is 0 Å². The van der Waals surface area contributed by atoms with Crippen LogP contribution >= 0.6 is 0 Å². The Morgan fingerprint density at radius 1 is 0.700 bits per heavy atom. The lowest BCUT2D eigenvalue weighted by Gasteiger charge is -2.45. The van der Waals surface area contributed by atoms with Crippen LogP contribution in [0.4, 0.5) is 0 Å². The average molecular weight is 413 g/mol. The quantitative estimate of drug-likeness (QED) is 0.509. The molecule has 1 heterocycles. The van der Waals surface area contributed by atoms with Gasteiger partial charge in [-0.3, -0.25) is 0 Å². The van der Waals surface area contributed by atoms with Gasteiger partial charge in [0.2, 0.25) is 0 Å². The van der Waals surface area contributed by atoms with E-state index in [1.165, 1.54) is 6.07 Å². The summed E-state index contributed by atoms with van der Waals surface area (Å²) in [6, 6.07) is 7.03. The van der Waals surface area contributed by atoms with Crippen LogP contribution in [0.25, 0.3) is 0 Å². The van der Waals surface area contributed by atoms with Crippen LogP contribution in [0.3, 0.4) is 0 Å². The summed E-state index contributed by atoms with van der Waals surface area (Å²) < 4.78 is 6.48. The highest BCUT2D eigenvalue weighted by molar-refractivity contribution is 5.55. The van der Waals surface area contributed by atoms with Crippen LogP contribution in [0.2, 0.25) is 0 Å². The molecule has 30 heavy (non-hydrogen) atoms. The topological polar surface area (TPSA) is 69.9 Å². The molecule has 0 saturated heterocycles. The van der Waals surface area contributed by atoms with Crippen molar-refractivity contribution in [1.82, 2.24) is 0 Å². The summed E-state index contributed by atoms with van der Waals surface area (Å²) >= 11 is 0. The maximum absolute atomic E-state index is 10.7. The van der Waals surface area contributed by atoms with Crippen molar-refractivity contribution in [2.75, 3.05) is 0 Å². The van der Waals surface area contributed by atoms with E-state index in [0.29, 0.717) is 17.7 Å². The summed E-state index contributed by atoms with van der Waals surface area (Å²) in [5.74, 6) is 0.934. The normalized spacial score (nSPS) is 21.1. The predicted octanol–water partition coefficient (Wildman–Crippen LogP) is 6.37. The molecule has 0 radical (unpaired) electrons. The van der Waals surface area contributed by atoms with Gasteiger partial charge < -0.3 is 20.1 Å². The van der Waals surface area contributed by atoms with Crippen molar-refractivity contribution >= 4 is 0 Å². The molecule has 0 bridgehead atoms. The molecule has 1 aliphatic rings. The zero-order valence-corrected chi connectivity index (χ0v) is 19.8. The van der Waals surface area contributed by atoms with Crippen molar-refractivity contribution in [3.63, 3.8) is 0 Å². The minimum absolute atomic E-state index is 0.0118. The van der Waals surface area contributed by atoms with Crippen LogP contribution in [-0.4, -0.2) is 15.3 Å². The first-order valence-corrected chi connectivity index (χ1v) is 10.6. The molecule has 1 aliphatic heterocycles. The van der Waals surface area contributed by atoms with Crippen molar-refractivity contribution < 1.29 is 20.1 Å². The van der Waals surface area contributed by atoms with Crippen LogP contribution in [0.1, 0.15) is 91.0 Å². The molecule has 1 atom stereocenters. The fourth-order valence-electron chi connectivity index (χ4n) is 4.75. The Hall–Kier alpha value is -2.36. The molecule has 3 N–H and O–H groups in total. The Morgan fingerprint density at radius 2 is 1.17 bits per heavy atom. The van der Waals surface area contributed by atoms with Gasteiger partial charge in [-0.05, 0) is 46.4 Å². The zero-order chi connectivity index (χ0) is 22.9. The summed E-state index contributed by atoms with van der Waals surface area (Å²) in [6.45, 7) is 18.6. The number of hydrogen-bond donors (Lipinski definition) is 3. The molecule has 0 saturated carbocycles. The Labute approximate surface area is 180 Å². The number of fused-ring (bicyclic) bond motifs is 1. The molecule has 4 nitrogen and oxygen atoms in total. The van der Waals surface area contributed by atoms with Crippen molar-refractivity contribution in [3.8, 4) is 23.0 Å². The van der Waals surface area contributed by atoms with Gasteiger partial charge in [-0.2, -0.15) is 0 Å². The molecule has 0 amide bonds. The van der Waals surface area contributed by atoms with Crippen LogP contribution < -0.4 is 4.74 Å². The third kappa shape index (κ3) is 3.73. The smallest absolute Gasteiger partial charge is 0.136 e. The molecule has 2 aromatic carbocycles. The second-order valence-electron chi connectivity index (χ2n) is 11.6. The molecule has 4 heteroatoms. The first-order valence-electron chi connectivity index (χ1n) is 10.6. The highest BCUT2D eigenvalue weighted by Crippen LogP contribution is 2.53. The van der Waals surface area contributed by atoms with E-state index in [9.17, 15) is 15.3 Å². The minimum atomic E-state index is -0.816. The fraction of sp³-hybridized carbons (Fsp3) is 0.538. The van der Waals surface area contributed by atoms with Gasteiger partial charge in [0.15, 0.2) is 0 Å². The van der Waals surface area contributed by atoms with E-state index >= 15 is 0 Å². The van der Waals surface area contributed by atoms with Crippen LogP contribution in [0, 0.1) is 0 Å². The van der Waals surface area contributed by atoms with E-state index in [-0.39, 0.29) is 33.5 Å². The second-order valence-corrected chi connectivity index (χ2v) is 11.6. The fourth-order valence-corrected chi connectivity index (χ4v) is 4.75. The molecule has 164 valence electrons. The first kappa shape index (κ1) is 22.3. The summed E-state index contributed by atoms with van der Waals surface area (Å²) in [7, 11) is 0. The molecule has 2 aromatic rings. The number of rotatable bonds is 1. The third-order valence-electron chi connectivity index (χ3n) is 6.24. The number of ether oxygens (including phenoxy) is 1. The Balaban J connectivity index is 2.19. The summed E-state index contributed by atoms with van der Waals surface area (Å²) in [6.07, 6.45) is 0.642. The predicted molar refractivity (Wildman–Crippen MR) is 121 cm³/mol. The monoisotopic (exact) mass is 412 g/mol. The highest BCUT2D eigenvalue weighted by Gasteiger charge is 2.45. The number of phenolic OH excluding ortho intramolecular Hbond substituents is 3. The first-order chi connectivity index (χ1) is 13.5. The van der Waals surface area contributed by atoms with Gasteiger partial charge in [0, 0.05) is 29.7 Å². The van der Waals surface area contributed by atoms with Gasteiger partial charge in [0.1, 0.15) is 28.6 Å².